The topological polar surface area (TPSA) is 40.7 Å². The zero-order valence-corrected chi connectivity index (χ0v) is 10.8. The summed E-state index contributed by atoms with van der Waals surface area (Å²) >= 11 is 0. The SMILES string of the molecule is CC(Nc1ccc2[nH]ncc2c1)c1ccc(F)c(F)c1. The zero-order valence-electron chi connectivity index (χ0n) is 10.8. The summed E-state index contributed by atoms with van der Waals surface area (Å²) in [6, 6.07) is 9.58. The van der Waals surface area contributed by atoms with Crippen LogP contribution in [0.1, 0.15) is 18.5 Å². The van der Waals surface area contributed by atoms with Gasteiger partial charge in [0.2, 0.25) is 0 Å². The van der Waals surface area contributed by atoms with E-state index in [-0.39, 0.29) is 6.04 Å². The Morgan fingerprint density at radius 2 is 1.95 bits per heavy atom. The van der Waals surface area contributed by atoms with Gasteiger partial charge in [-0.3, -0.25) is 5.10 Å². The van der Waals surface area contributed by atoms with E-state index in [1.165, 1.54) is 6.07 Å². The third-order valence-corrected chi connectivity index (χ3v) is 3.27. The van der Waals surface area contributed by atoms with Crippen molar-refractivity contribution in [3.63, 3.8) is 0 Å². The molecule has 2 N–H and O–H groups in total. The molecule has 1 unspecified atom stereocenters. The molecule has 1 heterocycles. The van der Waals surface area contributed by atoms with Crippen LogP contribution in [-0.4, -0.2) is 10.2 Å². The van der Waals surface area contributed by atoms with Crippen LogP contribution in [0.3, 0.4) is 0 Å². The number of benzene rings is 2. The van der Waals surface area contributed by atoms with Crippen LogP contribution in [0.2, 0.25) is 0 Å². The highest BCUT2D eigenvalue weighted by atomic mass is 19.2. The normalized spacial score (nSPS) is 12.6. The van der Waals surface area contributed by atoms with Gasteiger partial charge in [0.15, 0.2) is 11.6 Å². The first-order chi connectivity index (χ1) is 9.63. The number of anilines is 1. The van der Waals surface area contributed by atoms with Gasteiger partial charge in [-0.25, -0.2) is 8.78 Å². The molecule has 0 spiro atoms. The van der Waals surface area contributed by atoms with Gasteiger partial charge in [0.05, 0.1) is 11.7 Å². The molecule has 0 bridgehead atoms. The van der Waals surface area contributed by atoms with E-state index in [1.54, 1.807) is 12.3 Å². The maximum absolute atomic E-state index is 13.2. The van der Waals surface area contributed by atoms with Crippen LogP contribution in [-0.2, 0) is 0 Å². The van der Waals surface area contributed by atoms with Crippen LogP contribution in [0.15, 0.2) is 42.6 Å². The summed E-state index contributed by atoms with van der Waals surface area (Å²) < 4.78 is 26.2. The Morgan fingerprint density at radius 1 is 1.10 bits per heavy atom. The van der Waals surface area contributed by atoms with E-state index < -0.39 is 11.6 Å². The fourth-order valence-corrected chi connectivity index (χ4v) is 2.15. The van der Waals surface area contributed by atoms with Crippen molar-refractivity contribution in [3.05, 3.63) is 59.8 Å². The van der Waals surface area contributed by atoms with Gasteiger partial charge in [-0.1, -0.05) is 6.07 Å². The third kappa shape index (κ3) is 2.34. The molecule has 1 aromatic heterocycles. The molecule has 5 heteroatoms. The fraction of sp³-hybridized carbons (Fsp3) is 0.133. The highest BCUT2D eigenvalue weighted by Gasteiger charge is 2.09. The van der Waals surface area contributed by atoms with E-state index in [0.717, 1.165) is 22.7 Å². The lowest BCUT2D eigenvalue weighted by molar-refractivity contribution is 0.506. The highest BCUT2D eigenvalue weighted by molar-refractivity contribution is 5.81. The molecule has 20 heavy (non-hydrogen) atoms. The predicted octanol–water partition coefficient (Wildman–Crippen LogP) is 4.01. The van der Waals surface area contributed by atoms with Crippen molar-refractivity contribution in [2.75, 3.05) is 5.32 Å². The molecule has 0 aliphatic carbocycles. The monoisotopic (exact) mass is 273 g/mol. The van der Waals surface area contributed by atoms with Crippen molar-refractivity contribution in [2.24, 2.45) is 0 Å². The Hall–Kier alpha value is -2.43. The van der Waals surface area contributed by atoms with E-state index >= 15 is 0 Å². The molecule has 0 amide bonds. The number of hydrogen-bond donors (Lipinski definition) is 2. The molecular weight excluding hydrogens is 260 g/mol. The van der Waals surface area contributed by atoms with Crippen LogP contribution < -0.4 is 5.32 Å². The van der Waals surface area contributed by atoms with E-state index in [1.807, 2.05) is 25.1 Å². The first-order valence-electron chi connectivity index (χ1n) is 6.28. The minimum Gasteiger partial charge on any atom is -0.378 e. The Balaban J connectivity index is 1.83. The van der Waals surface area contributed by atoms with Crippen LogP contribution in [0.5, 0.6) is 0 Å². The smallest absolute Gasteiger partial charge is 0.159 e. The van der Waals surface area contributed by atoms with Gasteiger partial charge in [0.25, 0.3) is 0 Å². The Labute approximate surface area is 114 Å². The summed E-state index contributed by atoms with van der Waals surface area (Å²) in [5.74, 6) is -1.66. The molecule has 3 aromatic rings. The first kappa shape index (κ1) is 12.6. The molecule has 0 radical (unpaired) electrons. The molecular formula is C15H13F2N3. The Kier molecular flexibility index (Phi) is 3.10. The van der Waals surface area contributed by atoms with Crippen LogP contribution in [0.4, 0.5) is 14.5 Å². The fourth-order valence-electron chi connectivity index (χ4n) is 2.15. The molecule has 3 rings (SSSR count). The largest absolute Gasteiger partial charge is 0.378 e. The molecule has 0 saturated carbocycles. The Morgan fingerprint density at radius 3 is 2.75 bits per heavy atom. The number of H-pyrrole nitrogens is 1. The van der Waals surface area contributed by atoms with Crippen LogP contribution >= 0.6 is 0 Å². The van der Waals surface area contributed by atoms with Gasteiger partial charge in [0, 0.05) is 17.1 Å². The summed E-state index contributed by atoms with van der Waals surface area (Å²) in [6.07, 6.45) is 1.74. The summed E-state index contributed by atoms with van der Waals surface area (Å²) in [5.41, 5.74) is 2.54. The van der Waals surface area contributed by atoms with Crippen molar-refractivity contribution >= 4 is 16.6 Å². The number of nitrogens with one attached hydrogen (secondary N) is 2. The minimum atomic E-state index is -0.833. The molecule has 0 saturated heterocycles. The van der Waals surface area contributed by atoms with Gasteiger partial charge < -0.3 is 5.32 Å². The highest BCUT2D eigenvalue weighted by Crippen LogP contribution is 2.23. The van der Waals surface area contributed by atoms with Crippen molar-refractivity contribution in [1.82, 2.24) is 10.2 Å². The first-order valence-corrected chi connectivity index (χ1v) is 6.28. The molecule has 1 atom stereocenters. The summed E-state index contributed by atoms with van der Waals surface area (Å²) in [6.45, 7) is 1.90. The molecule has 0 aliphatic heterocycles. The van der Waals surface area contributed by atoms with Gasteiger partial charge >= 0.3 is 0 Å². The third-order valence-electron chi connectivity index (χ3n) is 3.27. The second-order valence-corrected chi connectivity index (χ2v) is 4.71. The van der Waals surface area contributed by atoms with Gasteiger partial charge in [-0.2, -0.15) is 5.10 Å². The second kappa shape index (κ2) is 4.92. The lowest BCUT2D eigenvalue weighted by atomic mass is 10.1. The number of fused-ring (bicyclic) bond motifs is 1. The predicted molar refractivity (Wildman–Crippen MR) is 74.5 cm³/mol. The molecule has 0 fully saturated rings. The van der Waals surface area contributed by atoms with E-state index in [9.17, 15) is 8.78 Å². The summed E-state index contributed by atoms with van der Waals surface area (Å²) in [7, 11) is 0. The molecule has 102 valence electrons. The number of nitrogens with zero attached hydrogens (tertiary/aromatic N) is 1. The van der Waals surface area contributed by atoms with Crippen LogP contribution in [0.25, 0.3) is 10.9 Å². The summed E-state index contributed by atoms with van der Waals surface area (Å²) in [5, 5.41) is 11.1. The average molecular weight is 273 g/mol. The number of rotatable bonds is 3. The van der Waals surface area contributed by atoms with Crippen molar-refractivity contribution in [1.29, 1.82) is 0 Å². The number of halogens is 2. The van der Waals surface area contributed by atoms with Crippen LogP contribution in [0, 0.1) is 11.6 Å². The van der Waals surface area contributed by atoms with E-state index in [4.69, 9.17) is 0 Å². The maximum atomic E-state index is 13.2. The zero-order chi connectivity index (χ0) is 14.1. The van der Waals surface area contributed by atoms with E-state index in [0.29, 0.717) is 5.56 Å². The second-order valence-electron chi connectivity index (χ2n) is 4.71. The molecule has 2 aromatic carbocycles. The van der Waals surface area contributed by atoms with E-state index in [2.05, 4.69) is 15.5 Å². The number of hydrogen-bond acceptors (Lipinski definition) is 2. The maximum Gasteiger partial charge on any atom is 0.159 e. The minimum absolute atomic E-state index is 0.130. The van der Waals surface area contributed by atoms with Crippen molar-refractivity contribution in [3.8, 4) is 0 Å². The summed E-state index contributed by atoms with van der Waals surface area (Å²) in [4.78, 5) is 0. The van der Waals surface area contributed by atoms with Crippen molar-refractivity contribution in [2.45, 2.75) is 13.0 Å². The molecule has 3 nitrogen and oxygen atoms in total. The van der Waals surface area contributed by atoms with Gasteiger partial charge in [-0.05, 0) is 42.8 Å². The van der Waals surface area contributed by atoms with Gasteiger partial charge in [-0.15, -0.1) is 0 Å². The molecule has 0 aliphatic rings. The lowest BCUT2D eigenvalue weighted by Crippen LogP contribution is -2.07. The standard InChI is InChI=1S/C15H13F2N3/c1-9(10-2-4-13(16)14(17)7-10)19-12-3-5-15-11(6-12)8-18-20-15/h2-9,19H,1H3,(H,18,20). The number of aromatic nitrogens is 2. The lowest BCUT2D eigenvalue weighted by Gasteiger charge is -2.16. The number of aromatic amines is 1. The average Bonchev–Trinajstić information content (AvgIpc) is 2.89. The van der Waals surface area contributed by atoms with Crippen molar-refractivity contribution < 1.29 is 8.78 Å². The van der Waals surface area contributed by atoms with Gasteiger partial charge in [0.1, 0.15) is 0 Å². The quantitative estimate of drug-likeness (QED) is 0.756. The Bertz CT molecular complexity index is 752.